The van der Waals surface area contributed by atoms with Crippen molar-refractivity contribution in [2.24, 2.45) is 0 Å². The molecule has 0 bridgehead atoms. The SMILES string of the molecule is COc1cccc(/C=C2/CCCCC2N2CCC2)c1. The van der Waals surface area contributed by atoms with Gasteiger partial charge in [0.05, 0.1) is 7.11 Å². The first-order valence-electron chi connectivity index (χ1n) is 7.45. The molecule has 2 heteroatoms. The van der Waals surface area contributed by atoms with Crippen LogP contribution in [0.15, 0.2) is 29.8 Å². The summed E-state index contributed by atoms with van der Waals surface area (Å²) in [5, 5.41) is 0. The van der Waals surface area contributed by atoms with E-state index in [1.807, 2.05) is 6.07 Å². The first-order valence-corrected chi connectivity index (χ1v) is 7.45. The normalized spacial score (nSPS) is 26.2. The molecule has 1 heterocycles. The van der Waals surface area contributed by atoms with Gasteiger partial charge in [-0.2, -0.15) is 0 Å². The second kappa shape index (κ2) is 5.79. The average Bonchev–Trinajstić information content (AvgIpc) is 2.39. The third-order valence-corrected chi connectivity index (χ3v) is 4.40. The molecule has 1 atom stereocenters. The maximum absolute atomic E-state index is 5.31. The second-order valence-corrected chi connectivity index (χ2v) is 5.65. The molecule has 0 radical (unpaired) electrons. The summed E-state index contributed by atoms with van der Waals surface area (Å²) in [6.45, 7) is 2.58. The average molecular weight is 257 g/mol. The van der Waals surface area contributed by atoms with Gasteiger partial charge in [0.1, 0.15) is 5.75 Å². The molecule has 1 aliphatic heterocycles. The standard InChI is InChI=1S/C17H23NO/c1-19-16-8-4-6-14(13-16)12-15-7-2-3-9-17(15)18-10-5-11-18/h4,6,8,12-13,17H,2-3,5,7,9-11H2,1H3/b15-12-. The van der Waals surface area contributed by atoms with Crippen molar-refractivity contribution in [1.29, 1.82) is 0 Å². The third kappa shape index (κ3) is 2.84. The summed E-state index contributed by atoms with van der Waals surface area (Å²) in [7, 11) is 1.73. The van der Waals surface area contributed by atoms with E-state index in [0.29, 0.717) is 6.04 Å². The van der Waals surface area contributed by atoms with Gasteiger partial charge < -0.3 is 4.74 Å². The largest absolute Gasteiger partial charge is 0.497 e. The van der Waals surface area contributed by atoms with Gasteiger partial charge in [-0.15, -0.1) is 0 Å². The van der Waals surface area contributed by atoms with Crippen molar-refractivity contribution in [3.05, 3.63) is 35.4 Å². The van der Waals surface area contributed by atoms with Crippen LogP contribution in [0, 0.1) is 0 Å². The fraction of sp³-hybridized carbons (Fsp3) is 0.529. The molecule has 2 aliphatic rings. The van der Waals surface area contributed by atoms with Crippen LogP contribution < -0.4 is 4.74 Å². The maximum atomic E-state index is 5.31. The highest BCUT2D eigenvalue weighted by Crippen LogP contribution is 2.32. The van der Waals surface area contributed by atoms with Gasteiger partial charge in [0.2, 0.25) is 0 Å². The van der Waals surface area contributed by atoms with E-state index in [1.54, 1.807) is 12.7 Å². The summed E-state index contributed by atoms with van der Waals surface area (Å²) in [5.41, 5.74) is 2.90. The number of likely N-dealkylation sites (tertiary alicyclic amines) is 1. The monoisotopic (exact) mass is 257 g/mol. The minimum Gasteiger partial charge on any atom is -0.497 e. The lowest BCUT2D eigenvalue weighted by Crippen LogP contribution is -2.46. The van der Waals surface area contributed by atoms with Crippen molar-refractivity contribution in [3.63, 3.8) is 0 Å². The zero-order valence-corrected chi connectivity index (χ0v) is 11.8. The van der Waals surface area contributed by atoms with E-state index in [4.69, 9.17) is 4.74 Å². The molecule has 2 nitrogen and oxygen atoms in total. The summed E-state index contributed by atoms with van der Waals surface area (Å²) in [4.78, 5) is 2.64. The molecular formula is C17H23NO. The third-order valence-electron chi connectivity index (χ3n) is 4.40. The van der Waals surface area contributed by atoms with Gasteiger partial charge in [0.25, 0.3) is 0 Å². The lowest BCUT2D eigenvalue weighted by Gasteiger charge is -2.42. The Kier molecular flexibility index (Phi) is 3.88. The maximum Gasteiger partial charge on any atom is 0.119 e. The van der Waals surface area contributed by atoms with Gasteiger partial charge >= 0.3 is 0 Å². The molecule has 2 fully saturated rings. The second-order valence-electron chi connectivity index (χ2n) is 5.65. The van der Waals surface area contributed by atoms with Crippen LogP contribution >= 0.6 is 0 Å². The van der Waals surface area contributed by atoms with Gasteiger partial charge in [-0.25, -0.2) is 0 Å². The predicted octanol–water partition coefficient (Wildman–Crippen LogP) is 3.73. The van der Waals surface area contributed by atoms with Crippen LogP contribution in [0.1, 0.15) is 37.7 Å². The van der Waals surface area contributed by atoms with Gasteiger partial charge in [-0.05, 0) is 56.5 Å². The molecule has 1 saturated heterocycles. The fourth-order valence-electron chi connectivity index (χ4n) is 3.20. The van der Waals surface area contributed by atoms with Crippen molar-refractivity contribution in [3.8, 4) is 5.75 Å². The number of ether oxygens (including phenoxy) is 1. The van der Waals surface area contributed by atoms with Crippen LogP contribution in [-0.2, 0) is 0 Å². The lowest BCUT2D eigenvalue weighted by molar-refractivity contribution is 0.121. The highest BCUT2D eigenvalue weighted by Gasteiger charge is 2.28. The van der Waals surface area contributed by atoms with E-state index >= 15 is 0 Å². The molecule has 0 amide bonds. The van der Waals surface area contributed by atoms with Crippen LogP contribution in [0.25, 0.3) is 6.08 Å². The van der Waals surface area contributed by atoms with Crippen molar-refractivity contribution in [2.75, 3.05) is 20.2 Å². The molecule has 0 spiro atoms. The topological polar surface area (TPSA) is 12.5 Å². The smallest absolute Gasteiger partial charge is 0.119 e. The van der Waals surface area contributed by atoms with Crippen LogP contribution in [-0.4, -0.2) is 31.1 Å². The summed E-state index contributed by atoms with van der Waals surface area (Å²) < 4.78 is 5.31. The Bertz CT molecular complexity index is 462. The summed E-state index contributed by atoms with van der Waals surface area (Å²) in [5.74, 6) is 0.950. The first kappa shape index (κ1) is 12.7. The molecule has 3 rings (SSSR count). The van der Waals surface area contributed by atoms with Gasteiger partial charge in [0, 0.05) is 6.04 Å². The number of benzene rings is 1. The van der Waals surface area contributed by atoms with Crippen molar-refractivity contribution >= 4 is 6.08 Å². The van der Waals surface area contributed by atoms with Gasteiger partial charge in [0.15, 0.2) is 0 Å². The molecule has 19 heavy (non-hydrogen) atoms. The molecule has 0 N–H and O–H groups in total. The van der Waals surface area contributed by atoms with Crippen LogP contribution in [0.3, 0.4) is 0 Å². The van der Waals surface area contributed by atoms with Crippen molar-refractivity contribution in [1.82, 2.24) is 4.90 Å². The highest BCUT2D eigenvalue weighted by atomic mass is 16.5. The Morgan fingerprint density at radius 2 is 2.11 bits per heavy atom. The molecule has 1 unspecified atom stereocenters. The van der Waals surface area contributed by atoms with E-state index in [2.05, 4.69) is 29.2 Å². The van der Waals surface area contributed by atoms with E-state index in [-0.39, 0.29) is 0 Å². The Hall–Kier alpha value is -1.28. The molecular weight excluding hydrogens is 234 g/mol. The van der Waals surface area contributed by atoms with E-state index in [9.17, 15) is 0 Å². The number of nitrogens with zero attached hydrogens (tertiary/aromatic N) is 1. The Labute approximate surface area is 116 Å². The van der Waals surface area contributed by atoms with E-state index < -0.39 is 0 Å². The van der Waals surface area contributed by atoms with E-state index in [1.165, 1.54) is 50.8 Å². The van der Waals surface area contributed by atoms with Crippen molar-refractivity contribution in [2.45, 2.75) is 38.1 Å². The number of methoxy groups -OCH3 is 1. The molecule has 1 aromatic carbocycles. The molecule has 1 aliphatic carbocycles. The summed E-state index contributed by atoms with van der Waals surface area (Å²) >= 11 is 0. The minimum atomic E-state index is 0.703. The molecule has 1 aromatic rings. The fourth-order valence-corrected chi connectivity index (χ4v) is 3.20. The zero-order chi connectivity index (χ0) is 13.1. The summed E-state index contributed by atoms with van der Waals surface area (Å²) in [6, 6.07) is 9.10. The molecule has 102 valence electrons. The van der Waals surface area contributed by atoms with Crippen molar-refractivity contribution < 1.29 is 4.74 Å². The quantitative estimate of drug-likeness (QED) is 0.818. The number of hydrogen-bond acceptors (Lipinski definition) is 2. The number of hydrogen-bond donors (Lipinski definition) is 0. The Morgan fingerprint density at radius 3 is 2.84 bits per heavy atom. The highest BCUT2D eigenvalue weighted by molar-refractivity contribution is 5.56. The summed E-state index contributed by atoms with van der Waals surface area (Å²) in [6.07, 6.45) is 9.11. The number of rotatable bonds is 3. The molecule has 1 saturated carbocycles. The zero-order valence-electron chi connectivity index (χ0n) is 11.8. The first-order chi connectivity index (χ1) is 9.36. The van der Waals surface area contributed by atoms with Gasteiger partial charge in [-0.1, -0.05) is 30.2 Å². The predicted molar refractivity (Wildman–Crippen MR) is 79.4 cm³/mol. The van der Waals surface area contributed by atoms with Crippen LogP contribution in [0.5, 0.6) is 5.75 Å². The molecule has 0 aromatic heterocycles. The lowest BCUT2D eigenvalue weighted by atomic mass is 9.86. The van der Waals surface area contributed by atoms with Crippen LogP contribution in [0.2, 0.25) is 0 Å². The Balaban J connectivity index is 1.82. The van der Waals surface area contributed by atoms with E-state index in [0.717, 1.165) is 5.75 Å². The minimum absolute atomic E-state index is 0.703. The van der Waals surface area contributed by atoms with Gasteiger partial charge in [-0.3, -0.25) is 4.90 Å². The Morgan fingerprint density at radius 1 is 1.21 bits per heavy atom. The van der Waals surface area contributed by atoms with Crippen LogP contribution in [0.4, 0.5) is 0 Å².